The third-order valence-electron chi connectivity index (χ3n) is 7.97. The number of hydrogen-bond donors (Lipinski definition) is 2. The Kier molecular flexibility index (Phi) is 18.8. The molecule has 1 aromatic carbocycles. The van der Waals surface area contributed by atoms with Crippen molar-refractivity contribution < 1.29 is 14.3 Å². The number of aromatic nitrogens is 3. The predicted octanol–water partition coefficient (Wildman–Crippen LogP) is 12.0. The van der Waals surface area contributed by atoms with Gasteiger partial charge in [0.05, 0.1) is 5.69 Å². The van der Waals surface area contributed by atoms with Gasteiger partial charge in [0.2, 0.25) is 5.91 Å². The third-order valence-corrected chi connectivity index (χ3v) is 9.39. The molecule has 0 spiro atoms. The molecule has 3 rings (SSSR count). The zero-order chi connectivity index (χ0) is 34.6. The molecule has 10 heteroatoms. The fourth-order valence-corrected chi connectivity index (χ4v) is 7.12. The number of nitrogens with one attached hydrogen (secondary N) is 2. The molecule has 1 unspecified atom stereocenters. The molecule has 0 radical (unpaired) electrons. The van der Waals surface area contributed by atoms with Crippen LogP contribution in [0.5, 0.6) is 0 Å². The number of nitrogens with zero attached hydrogens (tertiary/aromatic N) is 2. The molecular formula is C38H52Cl2N4O3S. The van der Waals surface area contributed by atoms with Crippen molar-refractivity contribution in [1.82, 2.24) is 20.3 Å². The van der Waals surface area contributed by atoms with Gasteiger partial charge >= 0.3 is 6.09 Å². The monoisotopic (exact) mass is 714 g/mol. The van der Waals surface area contributed by atoms with Crippen LogP contribution in [0.1, 0.15) is 140 Å². The number of halogens is 2. The lowest BCUT2D eigenvalue weighted by atomic mass is 10.1. The minimum atomic E-state index is -0.787. The van der Waals surface area contributed by atoms with Gasteiger partial charge in [0.1, 0.15) is 10.9 Å². The molecule has 2 aromatic heterocycles. The molecule has 3 aromatic rings. The molecule has 1 atom stereocenters. The first-order valence-electron chi connectivity index (χ1n) is 17.5. The number of alkyl carbamates (subject to hydrolysis) is 1. The number of hydrogen-bond acceptors (Lipinski definition) is 6. The fourth-order valence-electron chi connectivity index (χ4n) is 5.33. The quantitative estimate of drug-likeness (QED) is 0.0794. The number of imidazole rings is 1. The molecule has 0 aliphatic rings. The summed E-state index contributed by atoms with van der Waals surface area (Å²) in [4.78, 5) is 38.7. The molecule has 2 N–H and O–H groups in total. The minimum absolute atomic E-state index is 0.117. The second-order valence-electron chi connectivity index (χ2n) is 12.5. The van der Waals surface area contributed by atoms with E-state index in [4.69, 9.17) is 32.9 Å². The SMILES string of the molecule is CCCCCCCC/C=C\CCCCCCCC(=O)NC(=O)OC(Cc1ccncc1)c1nc(Sc2cc(Cl)cc(Cl)c2)c(C(C)C)[nH]1. The highest BCUT2D eigenvalue weighted by Gasteiger charge is 2.25. The lowest BCUT2D eigenvalue weighted by Gasteiger charge is -2.16. The van der Waals surface area contributed by atoms with Crippen molar-refractivity contribution in [2.24, 2.45) is 0 Å². The molecule has 0 saturated heterocycles. The summed E-state index contributed by atoms with van der Waals surface area (Å²) in [7, 11) is 0. The Bertz CT molecular complexity index is 1390. The van der Waals surface area contributed by atoms with Gasteiger partial charge in [-0.2, -0.15) is 0 Å². The number of rotatable bonds is 22. The highest BCUT2D eigenvalue weighted by molar-refractivity contribution is 7.99. The summed E-state index contributed by atoms with van der Waals surface area (Å²) in [6.45, 7) is 6.38. The largest absolute Gasteiger partial charge is 0.437 e. The number of ether oxygens (including phenoxy) is 1. The molecule has 0 aliphatic carbocycles. The van der Waals surface area contributed by atoms with E-state index in [2.05, 4.69) is 48.2 Å². The predicted molar refractivity (Wildman–Crippen MR) is 198 cm³/mol. The molecule has 2 heterocycles. The van der Waals surface area contributed by atoms with Crippen LogP contribution in [0.4, 0.5) is 4.79 Å². The van der Waals surface area contributed by atoms with E-state index in [9.17, 15) is 9.59 Å². The number of pyridine rings is 1. The lowest BCUT2D eigenvalue weighted by Crippen LogP contribution is -2.32. The first kappa shape index (κ1) is 39.6. The number of aromatic amines is 1. The lowest BCUT2D eigenvalue weighted by molar-refractivity contribution is -0.120. The average Bonchev–Trinajstić information content (AvgIpc) is 3.46. The Labute approximate surface area is 301 Å². The zero-order valence-electron chi connectivity index (χ0n) is 28.7. The Morgan fingerprint density at radius 3 is 2.12 bits per heavy atom. The van der Waals surface area contributed by atoms with Crippen LogP contribution in [0.2, 0.25) is 10.0 Å². The summed E-state index contributed by atoms with van der Waals surface area (Å²) in [5.74, 6) is 0.273. The average molecular weight is 716 g/mol. The van der Waals surface area contributed by atoms with Crippen molar-refractivity contribution in [2.45, 2.75) is 139 Å². The normalized spacial score (nSPS) is 12.1. The van der Waals surface area contributed by atoms with Gasteiger partial charge in [0.15, 0.2) is 6.10 Å². The van der Waals surface area contributed by atoms with E-state index in [-0.39, 0.29) is 18.2 Å². The second kappa shape index (κ2) is 22.8. The molecular weight excluding hydrogens is 663 g/mol. The maximum absolute atomic E-state index is 12.9. The van der Waals surface area contributed by atoms with E-state index in [1.54, 1.807) is 18.5 Å². The maximum atomic E-state index is 12.9. The third kappa shape index (κ3) is 15.6. The number of carbonyl (C=O) groups is 2. The Hall–Kier alpha value is -2.81. The summed E-state index contributed by atoms with van der Waals surface area (Å²) in [5, 5.41) is 4.22. The fraction of sp³-hybridized carbons (Fsp3) is 0.526. The zero-order valence-corrected chi connectivity index (χ0v) is 31.1. The second-order valence-corrected chi connectivity index (χ2v) is 14.5. The van der Waals surface area contributed by atoms with Crippen molar-refractivity contribution in [3.63, 3.8) is 0 Å². The number of amides is 2. The first-order chi connectivity index (χ1) is 23.2. The summed E-state index contributed by atoms with van der Waals surface area (Å²) in [5.41, 5.74) is 1.82. The van der Waals surface area contributed by atoms with E-state index >= 15 is 0 Å². The van der Waals surface area contributed by atoms with Crippen LogP contribution in [0, 0.1) is 0 Å². The van der Waals surface area contributed by atoms with E-state index in [1.165, 1.54) is 63.1 Å². The van der Waals surface area contributed by atoms with Gasteiger partial charge in [-0.1, -0.05) is 119 Å². The Morgan fingerprint density at radius 1 is 0.896 bits per heavy atom. The molecule has 262 valence electrons. The summed E-state index contributed by atoms with van der Waals surface area (Å²) < 4.78 is 5.83. The molecule has 0 fully saturated rings. The van der Waals surface area contributed by atoms with Gasteiger partial charge in [-0.15, -0.1) is 0 Å². The topological polar surface area (TPSA) is 97.0 Å². The summed E-state index contributed by atoms with van der Waals surface area (Å²) in [6.07, 6.45) is 22.5. The van der Waals surface area contributed by atoms with E-state index in [1.807, 2.05) is 24.3 Å². The number of allylic oxidation sites excluding steroid dienone is 2. The van der Waals surface area contributed by atoms with Crippen LogP contribution in [0.15, 0.2) is 64.8 Å². The number of H-pyrrole nitrogens is 1. The van der Waals surface area contributed by atoms with Gasteiger partial charge in [0, 0.05) is 40.2 Å². The molecule has 7 nitrogen and oxygen atoms in total. The smallest absolute Gasteiger partial charge is 0.414 e. The van der Waals surface area contributed by atoms with Crippen LogP contribution in [-0.4, -0.2) is 27.0 Å². The van der Waals surface area contributed by atoms with Crippen molar-refractivity contribution in [3.05, 3.63) is 82.0 Å². The van der Waals surface area contributed by atoms with Crippen molar-refractivity contribution >= 4 is 47.0 Å². The van der Waals surface area contributed by atoms with Crippen LogP contribution >= 0.6 is 35.0 Å². The standard InChI is InChI=1S/C38H52Cl2N4O3S/c1-4-5-6-7-8-9-10-11-12-13-14-15-16-17-18-19-34(45)42-38(46)47-33(24-29-20-22-41-23-21-29)36-43-35(28(2)3)37(44-36)48-32-26-30(39)25-31(40)27-32/h11-12,20-23,25-28,33H,4-10,13-19,24H2,1-3H3,(H,43,44)(H,42,45,46)/b12-11-. The Balaban J connectivity index is 1.46. The number of carbonyl (C=O) groups excluding carboxylic acids is 2. The molecule has 0 saturated carbocycles. The van der Waals surface area contributed by atoms with Gasteiger partial charge < -0.3 is 9.72 Å². The van der Waals surface area contributed by atoms with Crippen molar-refractivity contribution in [1.29, 1.82) is 0 Å². The number of benzene rings is 1. The van der Waals surface area contributed by atoms with Crippen LogP contribution < -0.4 is 5.32 Å². The van der Waals surface area contributed by atoms with Gasteiger partial charge in [0.25, 0.3) is 0 Å². The number of imide groups is 1. The van der Waals surface area contributed by atoms with Crippen LogP contribution in [-0.2, 0) is 16.0 Å². The molecule has 0 bridgehead atoms. The molecule has 2 amide bonds. The minimum Gasteiger partial charge on any atom is -0.437 e. The van der Waals surface area contributed by atoms with Gasteiger partial charge in [-0.25, -0.2) is 9.78 Å². The molecule has 0 aliphatic heterocycles. The molecule has 48 heavy (non-hydrogen) atoms. The van der Waals surface area contributed by atoms with Crippen LogP contribution in [0.25, 0.3) is 0 Å². The summed E-state index contributed by atoms with van der Waals surface area (Å²) in [6, 6.07) is 9.07. The van der Waals surface area contributed by atoms with E-state index < -0.39 is 12.2 Å². The number of unbranched alkanes of at least 4 members (excludes halogenated alkanes) is 11. The van der Waals surface area contributed by atoms with E-state index in [0.29, 0.717) is 22.3 Å². The van der Waals surface area contributed by atoms with Gasteiger partial charge in [-0.3, -0.25) is 15.1 Å². The highest BCUT2D eigenvalue weighted by Crippen LogP contribution is 2.36. The van der Waals surface area contributed by atoms with Gasteiger partial charge in [-0.05, 0) is 73.9 Å². The Morgan fingerprint density at radius 2 is 1.50 bits per heavy atom. The van der Waals surface area contributed by atoms with Crippen LogP contribution in [0.3, 0.4) is 0 Å². The maximum Gasteiger partial charge on any atom is 0.414 e. The first-order valence-corrected chi connectivity index (χ1v) is 19.1. The van der Waals surface area contributed by atoms with Crippen molar-refractivity contribution in [3.8, 4) is 0 Å². The highest BCUT2D eigenvalue weighted by atomic mass is 35.5. The van der Waals surface area contributed by atoms with E-state index in [0.717, 1.165) is 53.3 Å². The van der Waals surface area contributed by atoms with Crippen molar-refractivity contribution in [2.75, 3.05) is 0 Å². The summed E-state index contributed by atoms with van der Waals surface area (Å²) >= 11 is 13.9.